The fourth-order valence-electron chi connectivity index (χ4n) is 5.46. The molecule has 0 atom stereocenters. The van der Waals surface area contributed by atoms with Gasteiger partial charge < -0.3 is 25.0 Å². The van der Waals surface area contributed by atoms with Gasteiger partial charge in [0.1, 0.15) is 5.75 Å². The Morgan fingerprint density at radius 3 is 2.51 bits per heavy atom. The van der Waals surface area contributed by atoms with Gasteiger partial charge in [0.2, 0.25) is 5.95 Å². The Morgan fingerprint density at radius 2 is 1.79 bits per heavy atom. The molecular formula is C31H33F3N6O3. The first-order valence-electron chi connectivity index (χ1n) is 14.2. The molecule has 3 aromatic carbocycles. The van der Waals surface area contributed by atoms with Crippen molar-refractivity contribution in [3.8, 4) is 16.9 Å². The van der Waals surface area contributed by atoms with Crippen LogP contribution in [-0.2, 0) is 0 Å². The minimum atomic E-state index is -4.82. The van der Waals surface area contributed by atoms with Crippen LogP contribution < -0.4 is 15.4 Å². The van der Waals surface area contributed by atoms with Crippen molar-refractivity contribution in [1.29, 1.82) is 0 Å². The molecule has 2 aromatic heterocycles. The summed E-state index contributed by atoms with van der Waals surface area (Å²) in [4.78, 5) is 17.1. The number of hydrogen-bond acceptors (Lipinski definition) is 6. The van der Waals surface area contributed by atoms with Gasteiger partial charge in [-0.25, -0.2) is 4.98 Å². The van der Waals surface area contributed by atoms with Crippen LogP contribution in [0.15, 0.2) is 60.7 Å². The van der Waals surface area contributed by atoms with Crippen LogP contribution in [0.5, 0.6) is 5.75 Å². The summed E-state index contributed by atoms with van der Waals surface area (Å²) >= 11 is 0. The normalized spacial score (nSPS) is 16.9. The molecule has 1 saturated carbocycles. The average molecular weight is 595 g/mol. The zero-order chi connectivity index (χ0) is 30.7. The van der Waals surface area contributed by atoms with E-state index >= 15 is 0 Å². The first kappa shape index (κ1) is 29.9. The van der Waals surface area contributed by atoms with E-state index in [4.69, 9.17) is 4.98 Å². The molecule has 43 heavy (non-hydrogen) atoms. The van der Waals surface area contributed by atoms with Crippen molar-refractivity contribution in [2.75, 3.05) is 12.4 Å². The second-order valence-corrected chi connectivity index (χ2v) is 10.1. The number of halogens is 3. The first-order valence-corrected chi connectivity index (χ1v) is 14.2. The highest BCUT2D eigenvalue weighted by Crippen LogP contribution is 2.38. The maximum absolute atomic E-state index is 13.0. The summed E-state index contributed by atoms with van der Waals surface area (Å²) in [5, 5.41) is 24.1. The smallest absolute Gasteiger partial charge is 0.405 e. The molecule has 4 N–H and O–H groups in total. The van der Waals surface area contributed by atoms with Crippen LogP contribution in [0.2, 0.25) is 0 Å². The molecule has 0 bridgehead atoms. The number of aromatic nitrogens is 4. The standard InChI is InChI=1S/C29H27F3N6O3.C2H6/c1-33-27(40)17-7-13-24-23(15-17)34-28(38(24)18-8-10-19(39)11-9-18)35-26-21-14-16(6-12-22(21)36-37-26)20-4-2-3-5-25(20)41-29(30,31)32;1-2/h2-7,12-15,18-19,39H,8-11H2,1H3,(H,33,40)(H2,34,35,36,37);1-2H3. The Morgan fingerprint density at radius 1 is 1.05 bits per heavy atom. The maximum atomic E-state index is 13.0. The molecule has 5 aromatic rings. The van der Waals surface area contributed by atoms with Gasteiger partial charge in [-0.05, 0) is 67.6 Å². The van der Waals surface area contributed by atoms with E-state index in [1.807, 2.05) is 19.9 Å². The quantitative estimate of drug-likeness (QED) is 0.167. The minimum absolute atomic E-state index is 0.0592. The van der Waals surface area contributed by atoms with Crippen LogP contribution >= 0.6 is 0 Å². The fourth-order valence-corrected chi connectivity index (χ4v) is 5.46. The number of alkyl halides is 3. The van der Waals surface area contributed by atoms with Crippen molar-refractivity contribution in [2.45, 2.75) is 58.0 Å². The molecule has 1 fully saturated rings. The number of nitrogens with zero attached hydrogens (tertiary/aromatic N) is 3. The predicted molar refractivity (Wildman–Crippen MR) is 159 cm³/mol. The SMILES string of the molecule is CC.CNC(=O)c1ccc2c(c1)nc(Nc1n[nH]c3ccc(-c4ccccc4OC(F)(F)F)cc13)n2C1CCC(O)CC1. The van der Waals surface area contributed by atoms with Gasteiger partial charge in [-0.15, -0.1) is 13.2 Å². The van der Waals surface area contributed by atoms with Crippen molar-refractivity contribution >= 4 is 39.6 Å². The molecule has 226 valence electrons. The molecule has 1 amide bonds. The van der Waals surface area contributed by atoms with E-state index in [0.717, 1.165) is 18.4 Å². The molecular weight excluding hydrogens is 561 g/mol. The van der Waals surface area contributed by atoms with Crippen molar-refractivity contribution in [3.63, 3.8) is 0 Å². The van der Waals surface area contributed by atoms with E-state index in [9.17, 15) is 23.1 Å². The second kappa shape index (κ2) is 12.3. The first-order chi connectivity index (χ1) is 20.7. The molecule has 1 aliphatic carbocycles. The van der Waals surface area contributed by atoms with Gasteiger partial charge in [-0.1, -0.05) is 38.1 Å². The highest BCUT2D eigenvalue weighted by molar-refractivity contribution is 5.98. The third-order valence-electron chi connectivity index (χ3n) is 7.43. The summed E-state index contributed by atoms with van der Waals surface area (Å²) in [6.45, 7) is 4.00. The largest absolute Gasteiger partial charge is 0.573 e. The summed E-state index contributed by atoms with van der Waals surface area (Å²) in [6.07, 6.45) is -2.34. The molecule has 6 rings (SSSR count). The van der Waals surface area contributed by atoms with E-state index in [-0.39, 0.29) is 29.4 Å². The van der Waals surface area contributed by atoms with Gasteiger partial charge in [0.05, 0.1) is 22.7 Å². The number of aromatic amines is 1. The maximum Gasteiger partial charge on any atom is 0.573 e. The molecule has 1 aliphatic rings. The highest BCUT2D eigenvalue weighted by Gasteiger charge is 2.32. The molecule has 2 heterocycles. The number of carbonyl (C=O) groups is 1. The van der Waals surface area contributed by atoms with Crippen LogP contribution in [0.4, 0.5) is 24.9 Å². The molecule has 0 saturated heterocycles. The van der Waals surface area contributed by atoms with E-state index in [1.54, 1.807) is 49.5 Å². The van der Waals surface area contributed by atoms with Crippen molar-refractivity contribution in [3.05, 3.63) is 66.2 Å². The van der Waals surface area contributed by atoms with E-state index in [0.29, 0.717) is 52.2 Å². The van der Waals surface area contributed by atoms with E-state index < -0.39 is 6.36 Å². The van der Waals surface area contributed by atoms with Gasteiger partial charge in [-0.3, -0.25) is 9.89 Å². The number of rotatable bonds is 6. The van der Waals surface area contributed by atoms with Gasteiger partial charge in [-0.2, -0.15) is 5.10 Å². The molecule has 0 unspecified atom stereocenters. The molecule has 0 aliphatic heterocycles. The summed E-state index contributed by atoms with van der Waals surface area (Å²) in [5.41, 5.74) is 3.42. The summed E-state index contributed by atoms with van der Waals surface area (Å²) in [5.74, 6) is 0.424. The van der Waals surface area contributed by atoms with Crippen LogP contribution in [0.1, 0.15) is 55.9 Å². The number of nitrogens with one attached hydrogen (secondary N) is 3. The number of H-pyrrole nitrogens is 1. The Kier molecular flexibility index (Phi) is 8.58. The lowest BCUT2D eigenvalue weighted by Gasteiger charge is -2.28. The van der Waals surface area contributed by atoms with Crippen LogP contribution in [0.3, 0.4) is 0 Å². The van der Waals surface area contributed by atoms with Crippen LogP contribution in [0, 0.1) is 0 Å². The third-order valence-corrected chi connectivity index (χ3v) is 7.43. The number of hydrogen-bond donors (Lipinski definition) is 4. The molecule has 0 spiro atoms. The van der Waals surface area contributed by atoms with Crippen molar-refractivity contribution in [1.82, 2.24) is 25.1 Å². The lowest BCUT2D eigenvalue weighted by Crippen LogP contribution is -2.22. The number of aliphatic hydroxyl groups excluding tert-OH is 1. The van der Waals surface area contributed by atoms with Crippen LogP contribution in [0.25, 0.3) is 33.1 Å². The zero-order valence-corrected chi connectivity index (χ0v) is 24.0. The number of aliphatic hydroxyl groups is 1. The fraction of sp³-hybridized carbons (Fsp3) is 0.323. The lowest BCUT2D eigenvalue weighted by atomic mass is 9.93. The number of carbonyl (C=O) groups excluding carboxylic acids is 1. The number of ether oxygens (including phenoxy) is 1. The Labute approximate surface area is 246 Å². The Balaban J connectivity index is 0.00000180. The number of amides is 1. The number of imidazole rings is 1. The van der Waals surface area contributed by atoms with Crippen molar-refractivity contribution < 1.29 is 27.8 Å². The number of para-hydroxylation sites is 1. The van der Waals surface area contributed by atoms with Gasteiger partial charge in [0, 0.05) is 29.6 Å². The van der Waals surface area contributed by atoms with E-state index in [1.165, 1.54) is 12.1 Å². The zero-order valence-electron chi connectivity index (χ0n) is 24.0. The van der Waals surface area contributed by atoms with Crippen LogP contribution in [-0.4, -0.2) is 50.3 Å². The second-order valence-electron chi connectivity index (χ2n) is 10.1. The van der Waals surface area contributed by atoms with E-state index in [2.05, 4.69) is 30.1 Å². The topological polar surface area (TPSA) is 117 Å². The minimum Gasteiger partial charge on any atom is -0.405 e. The van der Waals surface area contributed by atoms with Gasteiger partial charge >= 0.3 is 6.36 Å². The summed E-state index contributed by atoms with van der Waals surface area (Å²) in [7, 11) is 1.57. The average Bonchev–Trinajstić information content (AvgIpc) is 3.57. The number of anilines is 2. The summed E-state index contributed by atoms with van der Waals surface area (Å²) in [6, 6.07) is 16.6. The molecule has 0 radical (unpaired) electrons. The third kappa shape index (κ3) is 6.29. The number of fused-ring (bicyclic) bond motifs is 2. The lowest BCUT2D eigenvalue weighted by molar-refractivity contribution is -0.274. The monoisotopic (exact) mass is 594 g/mol. The number of benzene rings is 3. The van der Waals surface area contributed by atoms with Gasteiger partial charge in [0.15, 0.2) is 5.82 Å². The van der Waals surface area contributed by atoms with Crippen molar-refractivity contribution in [2.24, 2.45) is 0 Å². The summed E-state index contributed by atoms with van der Waals surface area (Å²) < 4.78 is 45.5. The Bertz CT molecular complexity index is 1740. The Hall–Kier alpha value is -4.58. The molecule has 9 nitrogen and oxygen atoms in total. The highest BCUT2D eigenvalue weighted by atomic mass is 19.4. The predicted octanol–water partition coefficient (Wildman–Crippen LogP) is 7.08. The molecule has 12 heteroatoms. The van der Waals surface area contributed by atoms with Gasteiger partial charge in [0.25, 0.3) is 5.91 Å².